The van der Waals surface area contributed by atoms with Crippen LogP contribution in [0.25, 0.3) is 17.0 Å². The molecule has 2 atom stereocenters. The van der Waals surface area contributed by atoms with Gasteiger partial charge in [0.15, 0.2) is 5.78 Å². The Morgan fingerprint density at radius 2 is 1.97 bits per heavy atom. The van der Waals surface area contributed by atoms with Crippen LogP contribution >= 0.6 is 0 Å². The Hall–Kier alpha value is -2.89. The summed E-state index contributed by atoms with van der Waals surface area (Å²) in [5.41, 5.74) is 10.6. The number of Topliss-reactive ketones (excluding diaryl/α,β-unsaturated/α-hetero) is 1. The number of fused-ring (bicyclic) bond motifs is 1. The molecule has 37 heavy (non-hydrogen) atoms. The van der Waals surface area contributed by atoms with E-state index in [9.17, 15) is 4.79 Å². The van der Waals surface area contributed by atoms with Gasteiger partial charge in [-0.3, -0.25) is 4.79 Å². The van der Waals surface area contributed by atoms with Crippen LogP contribution in [0, 0.1) is 5.92 Å². The first-order valence-electron chi connectivity index (χ1n) is 13.9. The van der Waals surface area contributed by atoms with Crippen LogP contribution in [-0.2, 0) is 17.7 Å². The Morgan fingerprint density at radius 3 is 2.81 bits per heavy atom. The maximum absolute atomic E-state index is 13.2. The molecule has 3 aromatic rings. The molecule has 0 spiro atoms. The molecule has 2 aromatic carbocycles. The number of aryl methyl sites for hydroxylation is 1. The number of carbonyl (C=O) groups excluding carboxylic acids is 1. The van der Waals surface area contributed by atoms with E-state index in [2.05, 4.69) is 59.2 Å². The topological polar surface area (TPSA) is 66.5 Å². The summed E-state index contributed by atoms with van der Waals surface area (Å²) >= 11 is 0. The standard InChI is InChI=1S/C32H42N2O3/c1-3-37-30-20-24(18-27(23-30)32(35)21-25-11-4-7-13-28(33)19-25)10-5-8-14-29-22-26-12-6-9-15-31(26)34(29)16-17-36-2/h6,8-9,12,14-15,18,20,22-23,25,28H,3-5,7,10-11,13,16-17,19,21,33H2,1-2H3/b14-8+/t25?,28-/m1/s1. The quantitative estimate of drug-likeness (QED) is 0.218. The number of rotatable bonds is 12. The maximum atomic E-state index is 13.2. The van der Waals surface area contributed by atoms with Crippen LogP contribution < -0.4 is 10.5 Å². The van der Waals surface area contributed by atoms with Gasteiger partial charge in [0, 0.05) is 48.3 Å². The van der Waals surface area contributed by atoms with E-state index in [1.54, 1.807) is 7.11 Å². The summed E-state index contributed by atoms with van der Waals surface area (Å²) < 4.78 is 13.5. The molecule has 0 amide bonds. The van der Waals surface area contributed by atoms with E-state index in [1.807, 2.05) is 13.0 Å². The van der Waals surface area contributed by atoms with Crippen molar-refractivity contribution in [3.05, 3.63) is 71.4 Å². The minimum Gasteiger partial charge on any atom is -0.494 e. The van der Waals surface area contributed by atoms with Gasteiger partial charge in [-0.2, -0.15) is 0 Å². The number of para-hydroxylation sites is 1. The molecule has 1 saturated carbocycles. The van der Waals surface area contributed by atoms with E-state index in [0.29, 0.717) is 25.6 Å². The number of carbonyl (C=O) groups is 1. The smallest absolute Gasteiger partial charge is 0.163 e. The third-order valence-corrected chi connectivity index (χ3v) is 7.40. The monoisotopic (exact) mass is 502 g/mol. The highest BCUT2D eigenvalue weighted by Gasteiger charge is 2.21. The molecule has 4 rings (SSSR count). The van der Waals surface area contributed by atoms with Gasteiger partial charge in [0.2, 0.25) is 0 Å². The van der Waals surface area contributed by atoms with Crippen LogP contribution in [0.2, 0.25) is 0 Å². The molecule has 1 fully saturated rings. The number of aromatic nitrogens is 1. The summed E-state index contributed by atoms with van der Waals surface area (Å²) in [5, 5.41) is 1.24. The van der Waals surface area contributed by atoms with Crippen molar-refractivity contribution < 1.29 is 14.3 Å². The van der Waals surface area contributed by atoms with Crippen LogP contribution in [0.1, 0.15) is 73.5 Å². The molecule has 5 heteroatoms. The van der Waals surface area contributed by atoms with Crippen LogP contribution in [0.5, 0.6) is 5.75 Å². The minimum absolute atomic E-state index is 0.208. The summed E-state index contributed by atoms with van der Waals surface area (Å²) in [6.45, 7) is 4.05. The summed E-state index contributed by atoms with van der Waals surface area (Å²) in [4.78, 5) is 13.2. The van der Waals surface area contributed by atoms with Crippen LogP contribution in [0.4, 0.5) is 0 Å². The highest BCUT2D eigenvalue weighted by Crippen LogP contribution is 2.28. The zero-order valence-electron chi connectivity index (χ0n) is 22.5. The van der Waals surface area contributed by atoms with Gasteiger partial charge in [-0.25, -0.2) is 0 Å². The average molecular weight is 503 g/mol. The Labute approximate surface area is 221 Å². The van der Waals surface area contributed by atoms with Gasteiger partial charge >= 0.3 is 0 Å². The van der Waals surface area contributed by atoms with Gasteiger partial charge in [0.25, 0.3) is 0 Å². The van der Waals surface area contributed by atoms with E-state index < -0.39 is 0 Å². The second-order valence-electron chi connectivity index (χ2n) is 10.3. The van der Waals surface area contributed by atoms with E-state index >= 15 is 0 Å². The molecule has 1 aliphatic rings. The van der Waals surface area contributed by atoms with Crippen molar-refractivity contribution in [2.75, 3.05) is 20.3 Å². The highest BCUT2D eigenvalue weighted by atomic mass is 16.5. The number of nitrogens with zero attached hydrogens (tertiary/aromatic N) is 1. The zero-order chi connectivity index (χ0) is 26.0. The lowest BCUT2D eigenvalue weighted by Gasteiger charge is -2.17. The van der Waals surface area contributed by atoms with Crippen molar-refractivity contribution in [1.29, 1.82) is 0 Å². The highest BCUT2D eigenvalue weighted by molar-refractivity contribution is 5.96. The first-order chi connectivity index (χ1) is 18.1. The third-order valence-electron chi connectivity index (χ3n) is 7.40. The summed E-state index contributed by atoms with van der Waals surface area (Å²) in [6.07, 6.45) is 12.2. The minimum atomic E-state index is 0.208. The number of nitrogens with two attached hydrogens (primary N) is 1. The third kappa shape index (κ3) is 7.56. The predicted octanol–water partition coefficient (Wildman–Crippen LogP) is 6.81. The van der Waals surface area contributed by atoms with Gasteiger partial charge in [-0.05, 0) is 86.9 Å². The maximum Gasteiger partial charge on any atom is 0.163 e. The number of ether oxygens (including phenoxy) is 2. The number of allylic oxidation sites excluding steroid dienone is 1. The zero-order valence-corrected chi connectivity index (χ0v) is 22.5. The molecule has 198 valence electrons. The molecule has 1 aliphatic carbocycles. The van der Waals surface area contributed by atoms with Crippen LogP contribution in [-0.4, -0.2) is 36.7 Å². The Kier molecular flexibility index (Phi) is 9.98. The molecule has 1 unspecified atom stereocenters. The number of benzene rings is 2. The molecular weight excluding hydrogens is 460 g/mol. The fraction of sp³-hybridized carbons (Fsp3) is 0.469. The molecule has 0 saturated heterocycles. The van der Waals surface area contributed by atoms with Gasteiger partial charge in [-0.15, -0.1) is 0 Å². The van der Waals surface area contributed by atoms with Crippen molar-refractivity contribution in [2.24, 2.45) is 11.7 Å². The first kappa shape index (κ1) is 27.2. The average Bonchev–Trinajstić information content (AvgIpc) is 3.11. The van der Waals surface area contributed by atoms with Crippen molar-refractivity contribution in [2.45, 2.75) is 70.9 Å². The van der Waals surface area contributed by atoms with Gasteiger partial charge in [0.05, 0.1) is 13.2 Å². The van der Waals surface area contributed by atoms with E-state index in [1.165, 1.54) is 29.4 Å². The van der Waals surface area contributed by atoms with Crippen molar-refractivity contribution in [3.63, 3.8) is 0 Å². The van der Waals surface area contributed by atoms with Crippen molar-refractivity contribution in [3.8, 4) is 5.75 Å². The van der Waals surface area contributed by atoms with Crippen molar-refractivity contribution >= 4 is 22.8 Å². The lowest BCUT2D eigenvalue weighted by atomic mass is 9.90. The first-order valence-corrected chi connectivity index (χ1v) is 13.9. The number of methoxy groups -OCH3 is 1. The predicted molar refractivity (Wildman–Crippen MR) is 152 cm³/mol. The van der Waals surface area contributed by atoms with Crippen LogP contribution in [0.3, 0.4) is 0 Å². The number of hydrogen-bond donors (Lipinski definition) is 1. The van der Waals surface area contributed by atoms with E-state index in [-0.39, 0.29) is 11.8 Å². The molecule has 2 N–H and O–H groups in total. The molecule has 0 bridgehead atoms. The van der Waals surface area contributed by atoms with Crippen LogP contribution in [0.15, 0.2) is 54.6 Å². The Balaban J connectivity index is 1.44. The second-order valence-corrected chi connectivity index (χ2v) is 10.3. The second kappa shape index (κ2) is 13.6. The van der Waals surface area contributed by atoms with Gasteiger partial charge < -0.3 is 19.8 Å². The van der Waals surface area contributed by atoms with Crippen molar-refractivity contribution in [1.82, 2.24) is 4.57 Å². The number of ketones is 1. The Morgan fingerprint density at radius 1 is 1.14 bits per heavy atom. The van der Waals surface area contributed by atoms with E-state index in [0.717, 1.165) is 55.5 Å². The summed E-state index contributed by atoms with van der Waals surface area (Å²) in [7, 11) is 1.74. The SMILES string of the molecule is CCOc1cc(CC/C=C/c2cc3ccccc3n2CCOC)cc(C(=O)CC2CCCC[C@@H](N)C2)c1. The molecular formula is C32H42N2O3. The molecule has 1 heterocycles. The fourth-order valence-electron chi connectivity index (χ4n) is 5.54. The summed E-state index contributed by atoms with van der Waals surface area (Å²) in [5.74, 6) is 1.38. The van der Waals surface area contributed by atoms with E-state index in [4.69, 9.17) is 15.2 Å². The lowest BCUT2D eigenvalue weighted by Crippen LogP contribution is -2.22. The largest absolute Gasteiger partial charge is 0.494 e. The van der Waals surface area contributed by atoms with Gasteiger partial charge in [0.1, 0.15) is 5.75 Å². The normalized spacial score (nSPS) is 18.4. The molecule has 1 aromatic heterocycles. The van der Waals surface area contributed by atoms with Gasteiger partial charge in [-0.1, -0.05) is 37.1 Å². The number of hydrogen-bond acceptors (Lipinski definition) is 4. The molecule has 0 radical (unpaired) electrons. The molecule has 0 aliphatic heterocycles. The fourth-order valence-corrected chi connectivity index (χ4v) is 5.54. The summed E-state index contributed by atoms with van der Waals surface area (Å²) in [6, 6.07) is 17.0. The lowest BCUT2D eigenvalue weighted by molar-refractivity contribution is 0.0955. The Bertz CT molecular complexity index is 1200. The molecule has 5 nitrogen and oxygen atoms in total.